The van der Waals surface area contributed by atoms with Gasteiger partial charge in [0.25, 0.3) is 0 Å². The van der Waals surface area contributed by atoms with Crippen molar-refractivity contribution >= 4 is 11.9 Å². The van der Waals surface area contributed by atoms with Gasteiger partial charge in [-0.05, 0) is 34.2 Å². The lowest BCUT2D eigenvalue weighted by Crippen LogP contribution is -2.39. The number of carbonyl (C=O) groups excluding carboxylic acids is 2. The van der Waals surface area contributed by atoms with E-state index in [1.54, 1.807) is 27.8 Å². The highest BCUT2D eigenvalue weighted by Gasteiger charge is 2.24. The lowest BCUT2D eigenvalue weighted by atomic mass is 10.1. The summed E-state index contributed by atoms with van der Waals surface area (Å²) in [6, 6.07) is -0.474. The van der Waals surface area contributed by atoms with Gasteiger partial charge in [0.05, 0.1) is 7.11 Å². The molecular formula is C11H21NO4. The van der Waals surface area contributed by atoms with Gasteiger partial charge >= 0.3 is 11.9 Å². The fourth-order valence-corrected chi connectivity index (χ4v) is 1.12. The van der Waals surface area contributed by atoms with Gasteiger partial charge in [0.2, 0.25) is 0 Å². The third-order valence-corrected chi connectivity index (χ3v) is 1.90. The molecule has 0 aliphatic rings. The second kappa shape index (κ2) is 6.48. The van der Waals surface area contributed by atoms with Gasteiger partial charge in [0.15, 0.2) is 0 Å². The Hall–Kier alpha value is -1.10. The molecule has 0 aliphatic heterocycles. The Labute approximate surface area is 96.5 Å². The Morgan fingerprint density at radius 3 is 2.25 bits per heavy atom. The van der Waals surface area contributed by atoms with Crippen molar-refractivity contribution in [3.05, 3.63) is 0 Å². The predicted octanol–water partition coefficient (Wildman–Crippen LogP) is 0.869. The smallest absolute Gasteiger partial charge is 0.323 e. The van der Waals surface area contributed by atoms with Crippen LogP contribution in [0.15, 0.2) is 0 Å². The summed E-state index contributed by atoms with van der Waals surface area (Å²) in [4.78, 5) is 22.6. The molecule has 0 heterocycles. The molecule has 1 unspecified atom stereocenters. The maximum atomic E-state index is 11.7. The van der Waals surface area contributed by atoms with E-state index in [2.05, 4.69) is 10.1 Å². The van der Waals surface area contributed by atoms with E-state index in [1.165, 1.54) is 7.11 Å². The average molecular weight is 231 g/mol. The highest BCUT2D eigenvalue weighted by Crippen LogP contribution is 2.10. The van der Waals surface area contributed by atoms with E-state index in [0.717, 1.165) is 0 Å². The molecule has 0 aromatic carbocycles. The number of hydrogen-bond acceptors (Lipinski definition) is 5. The normalized spacial score (nSPS) is 13.1. The highest BCUT2D eigenvalue weighted by atomic mass is 16.6. The van der Waals surface area contributed by atoms with Gasteiger partial charge in [0, 0.05) is 6.42 Å². The molecule has 0 spiro atoms. The highest BCUT2D eigenvalue weighted by molar-refractivity contribution is 5.77. The van der Waals surface area contributed by atoms with Crippen LogP contribution in [-0.4, -0.2) is 37.7 Å². The van der Waals surface area contributed by atoms with E-state index in [1.807, 2.05) is 0 Å². The molecule has 0 rings (SSSR count). The topological polar surface area (TPSA) is 64.6 Å². The fourth-order valence-electron chi connectivity index (χ4n) is 1.12. The summed E-state index contributed by atoms with van der Waals surface area (Å²) in [5, 5.41) is 2.82. The Bertz CT molecular complexity index is 245. The van der Waals surface area contributed by atoms with Crippen LogP contribution in [0.25, 0.3) is 0 Å². The first-order chi connectivity index (χ1) is 7.30. The van der Waals surface area contributed by atoms with Gasteiger partial charge < -0.3 is 14.8 Å². The van der Waals surface area contributed by atoms with Crippen molar-refractivity contribution in [3.8, 4) is 0 Å². The van der Waals surface area contributed by atoms with Crippen LogP contribution in [0.5, 0.6) is 0 Å². The number of likely N-dealkylation sites (N-methyl/N-ethyl adjacent to an activating group) is 1. The van der Waals surface area contributed by atoms with Crippen molar-refractivity contribution < 1.29 is 19.1 Å². The van der Waals surface area contributed by atoms with E-state index in [0.29, 0.717) is 6.42 Å². The Morgan fingerprint density at radius 2 is 1.88 bits per heavy atom. The minimum atomic E-state index is -0.516. The van der Waals surface area contributed by atoms with Crippen LogP contribution in [0.3, 0.4) is 0 Å². The molecule has 5 nitrogen and oxygen atoms in total. The fraction of sp³-hybridized carbons (Fsp3) is 0.818. The first kappa shape index (κ1) is 14.9. The van der Waals surface area contributed by atoms with E-state index in [4.69, 9.17) is 4.74 Å². The van der Waals surface area contributed by atoms with Gasteiger partial charge in [0.1, 0.15) is 11.6 Å². The second-order valence-electron chi connectivity index (χ2n) is 4.49. The minimum Gasteiger partial charge on any atom is -0.469 e. The molecule has 1 N–H and O–H groups in total. The quantitative estimate of drug-likeness (QED) is 0.711. The van der Waals surface area contributed by atoms with Gasteiger partial charge in [-0.15, -0.1) is 0 Å². The maximum Gasteiger partial charge on any atom is 0.323 e. The van der Waals surface area contributed by atoms with Crippen LogP contribution in [0.2, 0.25) is 0 Å². The molecule has 16 heavy (non-hydrogen) atoms. The average Bonchev–Trinajstić information content (AvgIpc) is 2.15. The van der Waals surface area contributed by atoms with Gasteiger partial charge in [-0.1, -0.05) is 0 Å². The van der Waals surface area contributed by atoms with E-state index in [-0.39, 0.29) is 18.4 Å². The Morgan fingerprint density at radius 1 is 1.31 bits per heavy atom. The molecule has 0 aromatic heterocycles. The molecule has 0 bridgehead atoms. The first-order valence-electron chi connectivity index (χ1n) is 5.27. The molecular weight excluding hydrogens is 210 g/mol. The molecule has 0 aromatic rings. The van der Waals surface area contributed by atoms with Crippen LogP contribution in [0, 0.1) is 0 Å². The van der Waals surface area contributed by atoms with E-state index < -0.39 is 11.6 Å². The van der Waals surface area contributed by atoms with Gasteiger partial charge in [-0.3, -0.25) is 9.59 Å². The molecule has 0 saturated heterocycles. The van der Waals surface area contributed by atoms with Gasteiger partial charge in [-0.25, -0.2) is 0 Å². The third kappa shape index (κ3) is 6.40. The molecule has 94 valence electrons. The van der Waals surface area contributed by atoms with Crippen LogP contribution < -0.4 is 5.32 Å². The van der Waals surface area contributed by atoms with E-state index >= 15 is 0 Å². The summed E-state index contributed by atoms with van der Waals surface area (Å²) in [5.41, 5.74) is -0.516. The number of hydrogen-bond donors (Lipinski definition) is 1. The molecule has 0 aliphatic carbocycles. The molecule has 0 amide bonds. The number of esters is 2. The van der Waals surface area contributed by atoms with E-state index in [9.17, 15) is 9.59 Å². The second-order valence-corrected chi connectivity index (χ2v) is 4.49. The summed E-state index contributed by atoms with van der Waals surface area (Å²) in [7, 11) is 2.98. The van der Waals surface area contributed by atoms with Crippen LogP contribution in [0.4, 0.5) is 0 Å². The summed E-state index contributed by atoms with van der Waals surface area (Å²) in [6.45, 7) is 5.41. The lowest BCUT2D eigenvalue weighted by Gasteiger charge is -2.23. The molecule has 0 fully saturated rings. The molecule has 5 heteroatoms. The molecule has 0 saturated carbocycles. The summed E-state index contributed by atoms with van der Waals surface area (Å²) in [5.74, 6) is -0.678. The monoisotopic (exact) mass is 231 g/mol. The van der Waals surface area contributed by atoms with Crippen molar-refractivity contribution in [2.45, 2.75) is 45.3 Å². The summed E-state index contributed by atoms with van der Waals surface area (Å²) >= 11 is 0. The Kier molecular flexibility index (Phi) is 6.03. The first-order valence-corrected chi connectivity index (χ1v) is 5.27. The van der Waals surface area contributed by atoms with Gasteiger partial charge in [-0.2, -0.15) is 0 Å². The number of ether oxygens (including phenoxy) is 2. The minimum absolute atomic E-state index is 0.196. The molecule has 1 atom stereocenters. The van der Waals surface area contributed by atoms with Crippen molar-refractivity contribution in [2.24, 2.45) is 0 Å². The largest absolute Gasteiger partial charge is 0.469 e. The number of nitrogens with one attached hydrogen (secondary N) is 1. The van der Waals surface area contributed by atoms with Crippen molar-refractivity contribution in [1.82, 2.24) is 5.32 Å². The lowest BCUT2D eigenvalue weighted by molar-refractivity contribution is -0.157. The zero-order valence-electron chi connectivity index (χ0n) is 10.6. The molecule has 0 radical (unpaired) electrons. The van der Waals surface area contributed by atoms with Crippen molar-refractivity contribution in [3.63, 3.8) is 0 Å². The predicted molar refractivity (Wildman–Crippen MR) is 59.9 cm³/mol. The van der Waals surface area contributed by atoms with Crippen LogP contribution in [-0.2, 0) is 19.1 Å². The Balaban J connectivity index is 4.17. The standard InChI is InChI=1S/C11H21NO4/c1-11(2,3)16-10(14)8(12-4)6-7-9(13)15-5/h8,12H,6-7H2,1-5H3. The zero-order valence-corrected chi connectivity index (χ0v) is 10.6. The maximum absolute atomic E-state index is 11.7. The van der Waals surface area contributed by atoms with Crippen LogP contribution in [0.1, 0.15) is 33.6 Å². The third-order valence-electron chi connectivity index (χ3n) is 1.90. The van der Waals surface area contributed by atoms with Crippen LogP contribution >= 0.6 is 0 Å². The number of carbonyl (C=O) groups is 2. The number of rotatable bonds is 5. The summed E-state index contributed by atoms with van der Waals surface area (Å²) in [6.07, 6.45) is 0.569. The van der Waals surface area contributed by atoms with Crippen molar-refractivity contribution in [2.75, 3.05) is 14.2 Å². The SMILES string of the molecule is CNC(CCC(=O)OC)C(=O)OC(C)(C)C. The summed E-state index contributed by atoms with van der Waals surface area (Å²) < 4.78 is 9.71. The number of methoxy groups -OCH3 is 1. The zero-order chi connectivity index (χ0) is 12.8. The van der Waals surface area contributed by atoms with Crippen molar-refractivity contribution in [1.29, 1.82) is 0 Å².